The average Bonchev–Trinajstić information content (AvgIpc) is 3.26. The van der Waals surface area contributed by atoms with Crippen LogP contribution in [-0.2, 0) is 17.9 Å². The molecule has 190 valence electrons. The average molecular weight is 503 g/mol. The van der Waals surface area contributed by atoms with Gasteiger partial charge in [0, 0.05) is 44.1 Å². The lowest BCUT2D eigenvalue weighted by Crippen LogP contribution is -2.45. The zero-order chi connectivity index (χ0) is 25.8. The van der Waals surface area contributed by atoms with Crippen molar-refractivity contribution in [3.05, 3.63) is 89.2 Å². The molecule has 10 nitrogen and oxygen atoms in total. The molecule has 10 heteroatoms. The third-order valence-electron chi connectivity index (χ3n) is 6.30. The summed E-state index contributed by atoms with van der Waals surface area (Å²) >= 11 is 0. The number of nitrogens with zero attached hydrogens (tertiary/aromatic N) is 2. The van der Waals surface area contributed by atoms with E-state index in [-0.39, 0.29) is 41.5 Å². The molecule has 4 heterocycles. The number of ether oxygens (including phenoxy) is 2. The van der Waals surface area contributed by atoms with Crippen molar-refractivity contribution >= 4 is 17.8 Å². The molecule has 1 fully saturated rings. The number of hydrogen-bond acceptors (Lipinski definition) is 7. The Labute approximate surface area is 213 Å². The van der Waals surface area contributed by atoms with E-state index in [4.69, 9.17) is 9.47 Å². The molecule has 3 N–H and O–H groups in total. The summed E-state index contributed by atoms with van der Waals surface area (Å²) in [5, 5.41) is 15.3. The van der Waals surface area contributed by atoms with Crippen LogP contribution in [0.5, 0.6) is 11.5 Å². The number of carboxylic acids is 1. The first-order valence-electron chi connectivity index (χ1n) is 11.9. The molecular formula is C27H26N4O6. The molecule has 37 heavy (non-hydrogen) atoms. The Kier molecular flexibility index (Phi) is 7.00. The van der Waals surface area contributed by atoms with Crippen LogP contribution in [0, 0.1) is 0 Å². The number of likely N-dealkylation sites (tertiary alicyclic amines) is 1. The number of carboxylic acid groups (broad SMARTS) is 1. The summed E-state index contributed by atoms with van der Waals surface area (Å²) < 4.78 is 11.8. The predicted molar refractivity (Wildman–Crippen MR) is 132 cm³/mol. The van der Waals surface area contributed by atoms with E-state index in [0.717, 1.165) is 11.1 Å². The van der Waals surface area contributed by atoms with E-state index in [1.165, 1.54) is 18.2 Å². The van der Waals surface area contributed by atoms with Crippen molar-refractivity contribution in [1.29, 1.82) is 0 Å². The van der Waals surface area contributed by atoms with E-state index in [9.17, 15) is 19.5 Å². The summed E-state index contributed by atoms with van der Waals surface area (Å²) in [7, 11) is 0. The molecular weight excluding hydrogens is 476 g/mol. The van der Waals surface area contributed by atoms with Crippen LogP contribution in [0.3, 0.4) is 0 Å². The van der Waals surface area contributed by atoms with Gasteiger partial charge < -0.3 is 25.2 Å². The highest BCUT2D eigenvalue weighted by atomic mass is 16.5. The number of hydrogen-bond donors (Lipinski definition) is 3. The largest absolute Gasteiger partial charge is 0.487 e. The van der Waals surface area contributed by atoms with Gasteiger partial charge in [0.15, 0.2) is 6.61 Å². The topological polar surface area (TPSA) is 130 Å². The third-order valence-corrected chi connectivity index (χ3v) is 6.30. The number of nitrogens with one attached hydrogen (secondary N) is 2. The fourth-order valence-electron chi connectivity index (χ4n) is 4.44. The van der Waals surface area contributed by atoms with E-state index in [1.54, 1.807) is 12.4 Å². The molecule has 1 aromatic heterocycles. The molecule has 1 saturated heterocycles. The minimum absolute atomic E-state index is 0.114. The first-order valence-corrected chi connectivity index (χ1v) is 11.9. The molecule has 0 spiro atoms. The Morgan fingerprint density at radius 2 is 1.81 bits per heavy atom. The molecule has 0 saturated carbocycles. The molecule has 2 aromatic carbocycles. The maximum atomic E-state index is 13.3. The van der Waals surface area contributed by atoms with Crippen molar-refractivity contribution in [3.63, 3.8) is 0 Å². The fraction of sp³-hybridized carbons (Fsp3) is 0.259. The normalized spacial score (nSPS) is 20.1. The van der Waals surface area contributed by atoms with E-state index >= 15 is 0 Å². The lowest BCUT2D eigenvalue weighted by molar-refractivity contribution is -0.123. The highest BCUT2D eigenvalue weighted by molar-refractivity contribution is 5.98. The van der Waals surface area contributed by atoms with Gasteiger partial charge in [-0.15, -0.1) is 0 Å². The minimum Gasteiger partial charge on any atom is -0.487 e. The second kappa shape index (κ2) is 10.7. The number of benzene rings is 2. The maximum Gasteiger partial charge on any atom is 0.335 e. The van der Waals surface area contributed by atoms with Gasteiger partial charge in [0.2, 0.25) is 0 Å². The van der Waals surface area contributed by atoms with Crippen molar-refractivity contribution in [3.8, 4) is 11.5 Å². The van der Waals surface area contributed by atoms with Gasteiger partial charge in [0.1, 0.15) is 17.6 Å². The molecule has 2 atom stereocenters. The predicted octanol–water partition coefficient (Wildman–Crippen LogP) is 1.85. The number of carbonyl (C=O) groups is 3. The quantitative estimate of drug-likeness (QED) is 0.495. The van der Waals surface area contributed by atoms with Gasteiger partial charge in [-0.3, -0.25) is 19.5 Å². The lowest BCUT2D eigenvalue weighted by atomic mass is 10.1. The Morgan fingerprint density at radius 1 is 1.03 bits per heavy atom. The second-order valence-electron chi connectivity index (χ2n) is 9.05. The molecule has 3 aromatic rings. The van der Waals surface area contributed by atoms with Gasteiger partial charge in [-0.1, -0.05) is 12.1 Å². The highest BCUT2D eigenvalue weighted by Gasteiger charge is 2.36. The van der Waals surface area contributed by atoms with Crippen LogP contribution in [0.15, 0.2) is 67.0 Å². The van der Waals surface area contributed by atoms with Crippen molar-refractivity contribution < 1.29 is 29.0 Å². The van der Waals surface area contributed by atoms with E-state index in [2.05, 4.69) is 20.5 Å². The standard InChI is InChI=1S/C27H26N4O6/c32-25-16-36-22-10-19(9-20(11-22)27(34)35)26(33)30-23-14-31(13-18-5-7-28-8-6-18)15-24(23)37-21-3-1-17(2-4-21)12-29-25/h1-11,23-24H,12-16H2,(H,29,32)(H,30,33)(H,34,35)/t23-,24-/m0/s1. The summed E-state index contributed by atoms with van der Waals surface area (Å²) in [6.45, 7) is 1.76. The molecule has 0 radical (unpaired) electrons. The number of aromatic nitrogens is 1. The fourth-order valence-corrected chi connectivity index (χ4v) is 4.44. The van der Waals surface area contributed by atoms with Gasteiger partial charge in [-0.2, -0.15) is 0 Å². The summed E-state index contributed by atoms with van der Waals surface area (Å²) in [6.07, 6.45) is 3.14. The minimum atomic E-state index is -1.21. The molecule has 4 bridgehead atoms. The van der Waals surface area contributed by atoms with E-state index < -0.39 is 11.9 Å². The Hall–Kier alpha value is -4.44. The van der Waals surface area contributed by atoms with Crippen molar-refractivity contribution in [2.45, 2.75) is 25.2 Å². The smallest absolute Gasteiger partial charge is 0.335 e. The van der Waals surface area contributed by atoms with E-state index in [1.807, 2.05) is 36.4 Å². The SMILES string of the molecule is O=C1COc2cc(C(=O)O)cc(c2)C(=O)N[C@H]2CN(Cc3ccncc3)C[C@@H]2Oc2ccc(cc2)CN1. The third kappa shape index (κ3) is 6.04. The number of aromatic carboxylic acids is 1. The second-order valence-corrected chi connectivity index (χ2v) is 9.05. The van der Waals surface area contributed by atoms with Crippen LogP contribution in [0.4, 0.5) is 0 Å². The van der Waals surface area contributed by atoms with Gasteiger partial charge in [-0.05, 0) is 53.6 Å². The summed E-state index contributed by atoms with van der Waals surface area (Å²) in [5.41, 5.74) is 1.99. The molecule has 2 amide bonds. The summed E-state index contributed by atoms with van der Waals surface area (Å²) in [4.78, 5) is 43.4. The highest BCUT2D eigenvalue weighted by Crippen LogP contribution is 2.23. The monoisotopic (exact) mass is 502 g/mol. The van der Waals surface area contributed by atoms with Gasteiger partial charge in [-0.25, -0.2) is 4.79 Å². The van der Waals surface area contributed by atoms with Crippen LogP contribution in [0.1, 0.15) is 31.8 Å². The number of amides is 2. The van der Waals surface area contributed by atoms with Gasteiger partial charge in [0.05, 0.1) is 11.6 Å². The molecule has 0 unspecified atom stereocenters. The first-order chi connectivity index (χ1) is 17.9. The van der Waals surface area contributed by atoms with Crippen LogP contribution in [-0.4, -0.2) is 64.6 Å². The molecule has 0 aliphatic carbocycles. The zero-order valence-electron chi connectivity index (χ0n) is 19.9. The van der Waals surface area contributed by atoms with Gasteiger partial charge >= 0.3 is 5.97 Å². The Morgan fingerprint density at radius 3 is 2.57 bits per heavy atom. The number of pyridine rings is 1. The maximum absolute atomic E-state index is 13.3. The van der Waals surface area contributed by atoms with Gasteiger partial charge in [0.25, 0.3) is 11.8 Å². The first kappa shape index (κ1) is 24.3. The van der Waals surface area contributed by atoms with Crippen LogP contribution in [0.25, 0.3) is 0 Å². The Bertz CT molecular complexity index is 1300. The zero-order valence-corrected chi connectivity index (χ0v) is 19.9. The number of rotatable bonds is 3. The molecule has 3 aliphatic heterocycles. The van der Waals surface area contributed by atoms with E-state index in [0.29, 0.717) is 31.9 Å². The van der Waals surface area contributed by atoms with Crippen molar-refractivity contribution in [2.75, 3.05) is 19.7 Å². The summed E-state index contributed by atoms with van der Waals surface area (Å²) in [5.74, 6) is -1.27. The number of fused-ring (bicyclic) bond motifs is 7. The van der Waals surface area contributed by atoms with Crippen molar-refractivity contribution in [1.82, 2.24) is 20.5 Å². The summed E-state index contributed by atoms with van der Waals surface area (Å²) in [6, 6.07) is 15.0. The molecule has 6 rings (SSSR count). The number of carbonyl (C=O) groups excluding carboxylic acids is 2. The Balaban J connectivity index is 1.44. The molecule has 3 aliphatic rings. The van der Waals surface area contributed by atoms with Crippen molar-refractivity contribution in [2.24, 2.45) is 0 Å². The van der Waals surface area contributed by atoms with Crippen LogP contribution in [0.2, 0.25) is 0 Å². The van der Waals surface area contributed by atoms with Crippen LogP contribution >= 0.6 is 0 Å². The van der Waals surface area contributed by atoms with Crippen LogP contribution < -0.4 is 20.1 Å². The lowest BCUT2D eigenvalue weighted by Gasteiger charge is -2.21.